The number of amides is 1. The number of halogens is 3. The molecule has 0 bridgehead atoms. The molecule has 0 saturated heterocycles. The molecule has 1 atom stereocenters. The van der Waals surface area contributed by atoms with Crippen LogP contribution in [0.2, 0.25) is 0 Å². The van der Waals surface area contributed by atoms with Crippen molar-refractivity contribution in [3.63, 3.8) is 0 Å². The van der Waals surface area contributed by atoms with Crippen LogP contribution < -0.4 is 5.32 Å². The van der Waals surface area contributed by atoms with Crippen LogP contribution in [0.5, 0.6) is 0 Å². The maximum absolute atomic E-state index is 12.7. The molecular formula is C17H20F3N3O. The molecule has 1 unspecified atom stereocenters. The number of nitrogens with zero attached hydrogens (tertiary/aromatic N) is 2. The first-order valence-corrected chi connectivity index (χ1v) is 7.55. The van der Waals surface area contributed by atoms with Crippen LogP contribution in [0.15, 0.2) is 24.3 Å². The number of nitrogens with one attached hydrogen (secondary N) is 1. The van der Waals surface area contributed by atoms with E-state index in [4.69, 9.17) is 0 Å². The molecule has 0 fully saturated rings. The van der Waals surface area contributed by atoms with E-state index in [2.05, 4.69) is 10.4 Å². The summed E-state index contributed by atoms with van der Waals surface area (Å²) in [5.74, 6) is -0.329. The van der Waals surface area contributed by atoms with Crippen molar-refractivity contribution in [1.29, 1.82) is 0 Å². The number of aryl methyl sites for hydroxylation is 2. The number of rotatable bonds is 4. The SMILES string of the molecule is Cc1nn(C)c(C)c1C(C)NC(=O)Cc1cccc(C(F)(F)F)c1. The molecule has 1 heterocycles. The van der Waals surface area contributed by atoms with Crippen LogP contribution in [0.3, 0.4) is 0 Å². The van der Waals surface area contributed by atoms with Crippen LogP contribution in [0, 0.1) is 13.8 Å². The molecule has 1 amide bonds. The van der Waals surface area contributed by atoms with Crippen LogP contribution in [0.25, 0.3) is 0 Å². The zero-order chi connectivity index (χ0) is 18.1. The van der Waals surface area contributed by atoms with E-state index in [-0.39, 0.29) is 18.4 Å². The molecule has 1 N–H and O–H groups in total. The molecule has 2 rings (SSSR count). The minimum atomic E-state index is -4.41. The first-order valence-electron chi connectivity index (χ1n) is 7.55. The van der Waals surface area contributed by atoms with E-state index in [1.807, 2.05) is 27.8 Å². The van der Waals surface area contributed by atoms with Crippen molar-refractivity contribution in [3.8, 4) is 0 Å². The van der Waals surface area contributed by atoms with Gasteiger partial charge in [0.2, 0.25) is 5.91 Å². The maximum Gasteiger partial charge on any atom is 0.416 e. The van der Waals surface area contributed by atoms with Crippen LogP contribution in [-0.2, 0) is 24.4 Å². The second-order valence-electron chi connectivity index (χ2n) is 5.87. The van der Waals surface area contributed by atoms with E-state index in [9.17, 15) is 18.0 Å². The summed E-state index contributed by atoms with van der Waals surface area (Å²) in [6, 6.07) is 4.55. The molecular weight excluding hydrogens is 319 g/mol. The third-order valence-corrected chi connectivity index (χ3v) is 3.99. The lowest BCUT2D eigenvalue weighted by atomic mass is 10.0. The minimum absolute atomic E-state index is 0.105. The van der Waals surface area contributed by atoms with E-state index < -0.39 is 11.7 Å². The van der Waals surface area contributed by atoms with Gasteiger partial charge in [-0.25, -0.2) is 0 Å². The highest BCUT2D eigenvalue weighted by atomic mass is 19.4. The van der Waals surface area contributed by atoms with Crippen molar-refractivity contribution in [2.24, 2.45) is 7.05 Å². The van der Waals surface area contributed by atoms with Gasteiger partial charge in [0.1, 0.15) is 0 Å². The standard InChI is InChI=1S/C17H20F3N3O/c1-10(16-11(2)22-23(4)12(16)3)21-15(24)9-13-6-5-7-14(8-13)17(18,19)20/h5-8,10H,9H2,1-4H3,(H,21,24). The quantitative estimate of drug-likeness (QED) is 0.927. The summed E-state index contributed by atoms with van der Waals surface area (Å²) in [5.41, 5.74) is 2.27. The van der Waals surface area contributed by atoms with E-state index in [1.54, 1.807) is 4.68 Å². The Morgan fingerprint density at radius 3 is 2.54 bits per heavy atom. The predicted octanol–water partition coefficient (Wildman–Crippen LogP) is 3.48. The average molecular weight is 339 g/mol. The minimum Gasteiger partial charge on any atom is -0.349 e. The number of carbonyl (C=O) groups is 1. The average Bonchev–Trinajstić information content (AvgIpc) is 2.71. The molecule has 1 aromatic carbocycles. The van der Waals surface area contributed by atoms with Gasteiger partial charge in [-0.05, 0) is 32.4 Å². The van der Waals surface area contributed by atoms with Crippen molar-refractivity contribution < 1.29 is 18.0 Å². The van der Waals surface area contributed by atoms with Gasteiger partial charge in [0.25, 0.3) is 0 Å². The van der Waals surface area contributed by atoms with Crippen LogP contribution in [0.1, 0.15) is 41.0 Å². The second kappa shape index (κ2) is 6.67. The molecule has 0 aliphatic rings. The Labute approximate surface area is 138 Å². The summed E-state index contributed by atoms with van der Waals surface area (Å²) in [4.78, 5) is 12.2. The summed E-state index contributed by atoms with van der Waals surface area (Å²) >= 11 is 0. The van der Waals surface area contributed by atoms with E-state index >= 15 is 0 Å². The lowest BCUT2D eigenvalue weighted by molar-refractivity contribution is -0.137. The summed E-state index contributed by atoms with van der Waals surface area (Å²) in [6.45, 7) is 5.60. The Balaban J connectivity index is 2.08. The first kappa shape index (κ1) is 18.0. The Morgan fingerprint density at radius 2 is 2.00 bits per heavy atom. The van der Waals surface area contributed by atoms with Crippen LogP contribution >= 0.6 is 0 Å². The lowest BCUT2D eigenvalue weighted by Gasteiger charge is -2.15. The number of hydrogen-bond donors (Lipinski definition) is 1. The summed E-state index contributed by atoms with van der Waals surface area (Å²) in [7, 11) is 1.82. The van der Waals surface area contributed by atoms with Crippen molar-refractivity contribution in [3.05, 3.63) is 52.3 Å². The van der Waals surface area contributed by atoms with Gasteiger partial charge in [0, 0.05) is 18.3 Å². The fourth-order valence-corrected chi connectivity index (χ4v) is 2.82. The predicted molar refractivity (Wildman–Crippen MR) is 84.4 cm³/mol. The zero-order valence-electron chi connectivity index (χ0n) is 14.0. The van der Waals surface area contributed by atoms with Gasteiger partial charge < -0.3 is 5.32 Å². The van der Waals surface area contributed by atoms with Gasteiger partial charge in [-0.15, -0.1) is 0 Å². The molecule has 0 aliphatic heterocycles. The van der Waals surface area contributed by atoms with Gasteiger partial charge in [0.05, 0.1) is 23.7 Å². The van der Waals surface area contributed by atoms with Gasteiger partial charge >= 0.3 is 6.18 Å². The van der Waals surface area contributed by atoms with Gasteiger partial charge in [-0.3, -0.25) is 9.48 Å². The third-order valence-electron chi connectivity index (χ3n) is 3.99. The molecule has 0 saturated carbocycles. The molecule has 130 valence electrons. The Hall–Kier alpha value is -2.31. The summed E-state index contributed by atoms with van der Waals surface area (Å²) < 4.78 is 39.9. The van der Waals surface area contributed by atoms with Gasteiger partial charge in [-0.2, -0.15) is 18.3 Å². The Bertz CT molecular complexity index is 750. The lowest BCUT2D eigenvalue weighted by Crippen LogP contribution is -2.28. The van der Waals surface area contributed by atoms with E-state index in [0.717, 1.165) is 29.1 Å². The molecule has 4 nitrogen and oxygen atoms in total. The number of aromatic nitrogens is 2. The molecule has 24 heavy (non-hydrogen) atoms. The second-order valence-corrected chi connectivity index (χ2v) is 5.87. The fourth-order valence-electron chi connectivity index (χ4n) is 2.82. The highest BCUT2D eigenvalue weighted by molar-refractivity contribution is 5.79. The maximum atomic E-state index is 12.7. The largest absolute Gasteiger partial charge is 0.416 e. The molecule has 1 aromatic heterocycles. The number of alkyl halides is 3. The monoisotopic (exact) mass is 339 g/mol. The smallest absolute Gasteiger partial charge is 0.349 e. The van der Waals surface area contributed by atoms with Crippen molar-refractivity contribution in [2.75, 3.05) is 0 Å². The third kappa shape index (κ3) is 3.96. The zero-order valence-corrected chi connectivity index (χ0v) is 14.0. The number of benzene rings is 1. The van der Waals surface area contributed by atoms with Crippen molar-refractivity contribution in [1.82, 2.24) is 15.1 Å². The number of carbonyl (C=O) groups excluding carboxylic acids is 1. The Kier molecular flexibility index (Phi) is 5.01. The van der Waals surface area contributed by atoms with E-state index in [1.165, 1.54) is 12.1 Å². The number of hydrogen-bond acceptors (Lipinski definition) is 2. The summed E-state index contributed by atoms with van der Waals surface area (Å²) in [5, 5.41) is 7.13. The van der Waals surface area contributed by atoms with Gasteiger partial charge in [-0.1, -0.05) is 18.2 Å². The van der Waals surface area contributed by atoms with Crippen LogP contribution in [0.4, 0.5) is 13.2 Å². The molecule has 0 aliphatic carbocycles. The highest BCUT2D eigenvalue weighted by Crippen LogP contribution is 2.29. The molecule has 2 aromatic rings. The summed E-state index contributed by atoms with van der Waals surface area (Å²) in [6.07, 6.45) is -4.52. The van der Waals surface area contributed by atoms with Gasteiger partial charge in [0.15, 0.2) is 0 Å². The highest BCUT2D eigenvalue weighted by Gasteiger charge is 2.30. The molecule has 0 spiro atoms. The Morgan fingerprint density at radius 1 is 1.33 bits per heavy atom. The van der Waals surface area contributed by atoms with Crippen LogP contribution in [-0.4, -0.2) is 15.7 Å². The normalized spacial score (nSPS) is 13.0. The topological polar surface area (TPSA) is 46.9 Å². The molecule has 7 heteroatoms. The molecule has 0 radical (unpaired) electrons. The van der Waals surface area contributed by atoms with Crippen molar-refractivity contribution in [2.45, 2.75) is 39.4 Å². The fraction of sp³-hybridized carbons (Fsp3) is 0.412. The van der Waals surface area contributed by atoms with Crippen molar-refractivity contribution >= 4 is 5.91 Å². The van der Waals surface area contributed by atoms with E-state index in [0.29, 0.717) is 5.56 Å². The first-order chi connectivity index (χ1) is 11.1.